The first-order chi connectivity index (χ1) is 16.8. The van der Waals surface area contributed by atoms with Crippen molar-refractivity contribution < 1.29 is 36.2 Å². The highest BCUT2D eigenvalue weighted by molar-refractivity contribution is 5.95. The van der Waals surface area contributed by atoms with Crippen LogP contribution in [0.15, 0.2) is 30.3 Å². The highest BCUT2D eigenvalue weighted by Gasteiger charge is 2.61. The van der Waals surface area contributed by atoms with Crippen LogP contribution in [0.3, 0.4) is 0 Å². The number of benzene rings is 1. The molecule has 0 unspecified atom stereocenters. The average Bonchev–Trinajstić information content (AvgIpc) is 3.27. The molecular weight excluding hydrogens is 485 g/mol. The normalized spacial score (nSPS) is 18.4. The predicted molar refractivity (Wildman–Crippen MR) is 123 cm³/mol. The molecule has 1 aromatic carbocycles. The zero-order chi connectivity index (χ0) is 26.5. The molecule has 0 N–H and O–H groups in total. The first-order valence-electron chi connectivity index (χ1n) is 11.8. The minimum Gasteiger partial charge on any atom is -0.493 e. The van der Waals surface area contributed by atoms with Gasteiger partial charge in [0.2, 0.25) is 0 Å². The number of rotatable bonds is 5. The standard InChI is InChI=1S/C25H30F5N3O3/c1-16(2)36-18-6-5-17(15-19(18)35-4)22(34)32-11-9-23(10-12-32)20-7-8-21(24(26,27)25(28,29)30)33(20)14-13-31(23)3/h5-8,15-16H,9-14H2,1-4H3. The summed E-state index contributed by atoms with van der Waals surface area (Å²) < 4.78 is 79.9. The number of halogens is 5. The minimum atomic E-state index is -5.68. The molecule has 36 heavy (non-hydrogen) atoms. The summed E-state index contributed by atoms with van der Waals surface area (Å²) in [4.78, 5) is 16.9. The monoisotopic (exact) mass is 515 g/mol. The molecule has 6 nitrogen and oxygen atoms in total. The highest BCUT2D eigenvalue weighted by atomic mass is 19.4. The Labute approximate surface area is 206 Å². The summed E-state index contributed by atoms with van der Waals surface area (Å²) in [6, 6.07) is 7.22. The van der Waals surface area contributed by atoms with Gasteiger partial charge in [-0.2, -0.15) is 22.0 Å². The molecule has 1 amide bonds. The third-order valence-corrected chi connectivity index (χ3v) is 7.18. The van der Waals surface area contributed by atoms with E-state index < -0.39 is 23.3 Å². The summed E-state index contributed by atoms with van der Waals surface area (Å²) in [5.41, 5.74) is -0.918. The van der Waals surface area contributed by atoms with Gasteiger partial charge in [-0.3, -0.25) is 9.69 Å². The van der Waals surface area contributed by atoms with E-state index in [4.69, 9.17) is 9.47 Å². The van der Waals surface area contributed by atoms with Gasteiger partial charge in [0.05, 0.1) is 24.4 Å². The highest BCUT2D eigenvalue weighted by Crippen LogP contribution is 2.48. The molecule has 2 aromatic rings. The Morgan fingerprint density at radius 2 is 1.64 bits per heavy atom. The fourth-order valence-corrected chi connectivity index (χ4v) is 5.25. The fraction of sp³-hybridized carbons (Fsp3) is 0.560. The summed E-state index contributed by atoms with van der Waals surface area (Å²) in [7, 11) is 3.33. The SMILES string of the molecule is COc1cc(C(=O)N2CCC3(CC2)c2ccc(C(F)(F)C(F)(F)F)n2CCN3C)ccc1OC(C)C. The Hall–Kier alpha value is -2.82. The number of likely N-dealkylation sites (tertiary alicyclic amines) is 1. The van der Waals surface area contributed by atoms with Crippen LogP contribution in [0.25, 0.3) is 0 Å². The molecular formula is C25H30F5N3O3. The molecule has 0 aliphatic carbocycles. The van der Waals surface area contributed by atoms with Gasteiger partial charge >= 0.3 is 12.1 Å². The van der Waals surface area contributed by atoms with Gasteiger partial charge in [-0.15, -0.1) is 0 Å². The molecule has 0 saturated carbocycles. The first kappa shape index (κ1) is 26.2. The lowest BCUT2D eigenvalue weighted by Crippen LogP contribution is -2.57. The summed E-state index contributed by atoms with van der Waals surface area (Å²) in [5, 5.41) is 0. The third kappa shape index (κ3) is 4.31. The second kappa shape index (κ2) is 9.24. The van der Waals surface area contributed by atoms with Crippen molar-refractivity contribution in [1.29, 1.82) is 0 Å². The number of alkyl halides is 5. The Bertz CT molecular complexity index is 1120. The van der Waals surface area contributed by atoms with E-state index >= 15 is 0 Å². The number of nitrogens with zero attached hydrogens (tertiary/aromatic N) is 3. The largest absolute Gasteiger partial charge is 0.493 e. The Morgan fingerprint density at radius 3 is 2.22 bits per heavy atom. The molecule has 198 valence electrons. The van der Waals surface area contributed by atoms with Gasteiger partial charge < -0.3 is 18.9 Å². The van der Waals surface area contributed by atoms with Crippen LogP contribution in [0.5, 0.6) is 11.5 Å². The van der Waals surface area contributed by atoms with E-state index in [9.17, 15) is 26.7 Å². The molecule has 2 aliphatic heterocycles. The maximum atomic E-state index is 14.2. The zero-order valence-electron chi connectivity index (χ0n) is 20.7. The molecule has 1 spiro atoms. The van der Waals surface area contributed by atoms with Gasteiger partial charge in [-0.05, 0) is 64.1 Å². The van der Waals surface area contributed by atoms with E-state index in [0.717, 1.165) is 10.6 Å². The van der Waals surface area contributed by atoms with E-state index in [0.29, 0.717) is 55.2 Å². The van der Waals surface area contributed by atoms with Crippen molar-refractivity contribution in [2.45, 2.75) is 57.0 Å². The maximum absolute atomic E-state index is 14.2. The Morgan fingerprint density at radius 1 is 0.972 bits per heavy atom. The summed E-state index contributed by atoms with van der Waals surface area (Å²) >= 11 is 0. The lowest BCUT2D eigenvalue weighted by Gasteiger charge is -2.50. The number of carbonyl (C=O) groups is 1. The average molecular weight is 516 g/mol. The number of ether oxygens (including phenoxy) is 2. The quantitative estimate of drug-likeness (QED) is 0.525. The van der Waals surface area contributed by atoms with Crippen molar-refractivity contribution >= 4 is 5.91 Å². The van der Waals surface area contributed by atoms with E-state index in [1.54, 1.807) is 23.1 Å². The van der Waals surface area contributed by atoms with E-state index in [1.807, 2.05) is 25.8 Å². The number of aromatic nitrogens is 1. The van der Waals surface area contributed by atoms with Gasteiger partial charge in [0.25, 0.3) is 5.91 Å². The van der Waals surface area contributed by atoms with Crippen LogP contribution in [0.4, 0.5) is 22.0 Å². The molecule has 4 rings (SSSR count). The molecule has 1 aromatic heterocycles. The number of carbonyl (C=O) groups excluding carboxylic acids is 1. The van der Waals surface area contributed by atoms with Gasteiger partial charge in [0.1, 0.15) is 0 Å². The number of amides is 1. The summed E-state index contributed by atoms with van der Waals surface area (Å²) in [5.74, 6) is -4.19. The van der Waals surface area contributed by atoms with Gasteiger partial charge in [-0.25, -0.2) is 0 Å². The van der Waals surface area contributed by atoms with Crippen LogP contribution in [0.1, 0.15) is 48.4 Å². The van der Waals surface area contributed by atoms with Crippen LogP contribution in [0.2, 0.25) is 0 Å². The van der Waals surface area contributed by atoms with Crippen molar-refractivity contribution in [1.82, 2.24) is 14.4 Å². The maximum Gasteiger partial charge on any atom is 0.459 e. The van der Waals surface area contributed by atoms with Crippen molar-refractivity contribution in [3.8, 4) is 11.5 Å². The molecule has 0 atom stereocenters. The lowest BCUT2D eigenvalue weighted by molar-refractivity contribution is -0.292. The number of fused-ring (bicyclic) bond motifs is 2. The van der Waals surface area contributed by atoms with Crippen LogP contribution in [-0.4, -0.2) is 66.3 Å². The number of piperidine rings is 1. The van der Waals surface area contributed by atoms with Gasteiger partial charge in [-0.1, -0.05) is 0 Å². The van der Waals surface area contributed by atoms with E-state index in [2.05, 4.69) is 0 Å². The predicted octanol–water partition coefficient (Wildman–Crippen LogP) is 5.01. The van der Waals surface area contributed by atoms with E-state index in [1.165, 1.54) is 13.2 Å². The zero-order valence-corrected chi connectivity index (χ0v) is 20.7. The molecule has 1 fully saturated rings. The van der Waals surface area contributed by atoms with Crippen molar-refractivity contribution in [3.05, 3.63) is 47.3 Å². The van der Waals surface area contributed by atoms with E-state index in [-0.39, 0.29) is 18.6 Å². The van der Waals surface area contributed by atoms with Crippen molar-refractivity contribution in [2.24, 2.45) is 0 Å². The third-order valence-electron chi connectivity index (χ3n) is 7.18. The molecule has 3 heterocycles. The van der Waals surface area contributed by atoms with Crippen LogP contribution in [0, 0.1) is 0 Å². The number of likely N-dealkylation sites (N-methyl/N-ethyl adjacent to an activating group) is 1. The fourth-order valence-electron chi connectivity index (χ4n) is 5.25. The molecule has 0 radical (unpaired) electrons. The summed E-state index contributed by atoms with van der Waals surface area (Å²) in [6.45, 7) is 4.78. The van der Waals surface area contributed by atoms with Gasteiger partial charge in [0, 0.05) is 37.4 Å². The van der Waals surface area contributed by atoms with Crippen LogP contribution < -0.4 is 9.47 Å². The molecule has 1 saturated heterocycles. The Kier molecular flexibility index (Phi) is 6.74. The number of methoxy groups -OCH3 is 1. The van der Waals surface area contributed by atoms with Gasteiger partial charge in [0.15, 0.2) is 11.5 Å². The Balaban J connectivity index is 1.56. The smallest absolute Gasteiger partial charge is 0.459 e. The second-order valence-corrected chi connectivity index (χ2v) is 9.61. The second-order valence-electron chi connectivity index (χ2n) is 9.61. The molecule has 0 bridgehead atoms. The lowest BCUT2D eigenvalue weighted by atomic mass is 9.81. The first-order valence-corrected chi connectivity index (χ1v) is 11.8. The number of hydrogen-bond acceptors (Lipinski definition) is 4. The van der Waals surface area contributed by atoms with Crippen LogP contribution >= 0.6 is 0 Å². The molecule has 2 aliphatic rings. The summed E-state index contributed by atoms with van der Waals surface area (Å²) in [6.07, 6.45) is -4.93. The van der Waals surface area contributed by atoms with Crippen molar-refractivity contribution in [2.75, 3.05) is 33.8 Å². The molecule has 11 heteroatoms. The minimum absolute atomic E-state index is 0.0365. The number of hydrogen-bond donors (Lipinski definition) is 0. The topological polar surface area (TPSA) is 46.9 Å². The van der Waals surface area contributed by atoms with Crippen LogP contribution in [-0.2, 0) is 18.0 Å². The van der Waals surface area contributed by atoms with Crippen molar-refractivity contribution in [3.63, 3.8) is 0 Å².